The summed E-state index contributed by atoms with van der Waals surface area (Å²) in [5.41, 5.74) is 9.13. The van der Waals surface area contributed by atoms with E-state index < -0.39 is 0 Å². The highest BCUT2D eigenvalue weighted by Crippen LogP contribution is 2.40. The summed E-state index contributed by atoms with van der Waals surface area (Å²) in [5.74, 6) is 1.77. The number of hydrogen-bond donors (Lipinski definition) is 1. The molecule has 0 aliphatic heterocycles. The van der Waals surface area contributed by atoms with E-state index >= 15 is 0 Å². The summed E-state index contributed by atoms with van der Waals surface area (Å²) in [4.78, 5) is 9.03. The lowest BCUT2D eigenvalue weighted by molar-refractivity contribution is 0.546. The standard InChI is InChI=1S/C14H20N4S/c1-3-19-12-6-4-5-11(12)18-13-10(17-14(18)15)7-9(2)8-16-13/h7-8,11-12H,3-6H2,1-2H3,(H2,15,17). The van der Waals surface area contributed by atoms with Crippen molar-refractivity contribution in [2.45, 2.75) is 44.4 Å². The molecule has 1 aliphatic carbocycles. The van der Waals surface area contributed by atoms with Gasteiger partial charge in [0.15, 0.2) is 5.65 Å². The van der Waals surface area contributed by atoms with Crippen LogP contribution in [0.4, 0.5) is 5.95 Å². The molecule has 4 nitrogen and oxygen atoms in total. The minimum atomic E-state index is 0.449. The molecule has 1 fully saturated rings. The largest absolute Gasteiger partial charge is 0.369 e. The van der Waals surface area contributed by atoms with Gasteiger partial charge in [-0.25, -0.2) is 9.97 Å². The summed E-state index contributed by atoms with van der Waals surface area (Å²) in [6, 6.07) is 2.51. The molecule has 2 aromatic rings. The second-order valence-electron chi connectivity index (χ2n) is 5.19. The number of nitrogens with zero attached hydrogens (tertiary/aromatic N) is 3. The molecule has 3 rings (SSSR count). The van der Waals surface area contributed by atoms with Crippen LogP contribution in [-0.2, 0) is 0 Å². The fraction of sp³-hybridized carbons (Fsp3) is 0.571. The normalized spacial score (nSPS) is 23.3. The Balaban J connectivity index is 2.06. The first-order valence-corrected chi connectivity index (χ1v) is 7.97. The molecule has 2 unspecified atom stereocenters. The first-order valence-electron chi connectivity index (χ1n) is 6.92. The van der Waals surface area contributed by atoms with E-state index in [2.05, 4.69) is 27.5 Å². The fourth-order valence-electron chi connectivity index (χ4n) is 3.04. The van der Waals surface area contributed by atoms with Crippen molar-refractivity contribution in [2.24, 2.45) is 0 Å². The Morgan fingerprint density at radius 3 is 3.11 bits per heavy atom. The molecule has 19 heavy (non-hydrogen) atoms. The number of imidazole rings is 1. The zero-order valence-corrected chi connectivity index (χ0v) is 12.3. The van der Waals surface area contributed by atoms with Gasteiger partial charge in [0, 0.05) is 11.4 Å². The third kappa shape index (κ3) is 2.20. The van der Waals surface area contributed by atoms with E-state index in [9.17, 15) is 0 Å². The molecule has 0 bridgehead atoms. The minimum absolute atomic E-state index is 0.449. The third-order valence-corrected chi connectivity index (χ3v) is 5.14. The molecule has 1 aliphatic rings. The van der Waals surface area contributed by atoms with E-state index in [4.69, 9.17) is 5.73 Å². The van der Waals surface area contributed by atoms with Gasteiger partial charge in [0.1, 0.15) is 5.52 Å². The predicted molar refractivity (Wildman–Crippen MR) is 81.5 cm³/mol. The zero-order valence-electron chi connectivity index (χ0n) is 11.5. The Kier molecular flexibility index (Phi) is 3.39. The quantitative estimate of drug-likeness (QED) is 0.935. The van der Waals surface area contributed by atoms with E-state index in [-0.39, 0.29) is 0 Å². The van der Waals surface area contributed by atoms with Gasteiger partial charge in [0.25, 0.3) is 0 Å². The molecule has 2 aromatic heterocycles. The van der Waals surface area contributed by atoms with Crippen LogP contribution in [0.25, 0.3) is 11.2 Å². The van der Waals surface area contributed by atoms with E-state index in [1.807, 2.05) is 24.9 Å². The lowest BCUT2D eigenvalue weighted by Gasteiger charge is -2.21. The van der Waals surface area contributed by atoms with E-state index in [1.54, 1.807) is 0 Å². The number of anilines is 1. The Bertz CT molecular complexity index is 592. The van der Waals surface area contributed by atoms with Crippen LogP contribution in [0.15, 0.2) is 12.3 Å². The van der Waals surface area contributed by atoms with Crippen molar-refractivity contribution in [3.63, 3.8) is 0 Å². The maximum absolute atomic E-state index is 6.14. The molecule has 0 radical (unpaired) electrons. The minimum Gasteiger partial charge on any atom is -0.369 e. The van der Waals surface area contributed by atoms with Gasteiger partial charge in [-0.15, -0.1) is 0 Å². The number of aromatic nitrogens is 3. The summed E-state index contributed by atoms with van der Waals surface area (Å²) >= 11 is 2.03. The number of thioether (sulfide) groups is 1. The van der Waals surface area contributed by atoms with E-state index in [1.165, 1.54) is 19.3 Å². The summed E-state index contributed by atoms with van der Waals surface area (Å²) in [5, 5.41) is 0.646. The maximum Gasteiger partial charge on any atom is 0.202 e. The molecule has 102 valence electrons. The molecule has 0 amide bonds. The number of pyridine rings is 1. The Hall–Kier alpha value is -1.23. The third-order valence-electron chi connectivity index (χ3n) is 3.82. The average molecular weight is 276 g/mol. The van der Waals surface area contributed by atoms with Gasteiger partial charge in [0.05, 0.1) is 6.04 Å². The van der Waals surface area contributed by atoms with Gasteiger partial charge in [0.2, 0.25) is 5.95 Å². The van der Waals surface area contributed by atoms with Crippen LogP contribution in [0.5, 0.6) is 0 Å². The van der Waals surface area contributed by atoms with Crippen LogP contribution in [0.2, 0.25) is 0 Å². The van der Waals surface area contributed by atoms with Crippen LogP contribution in [0.1, 0.15) is 37.8 Å². The molecule has 1 saturated carbocycles. The van der Waals surface area contributed by atoms with Crippen molar-refractivity contribution in [3.05, 3.63) is 17.8 Å². The first-order chi connectivity index (χ1) is 9.20. The maximum atomic E-state index is 6.14. The Labute approximate surface area is 117 Å². The van der Waals surface area contributed by atoms with E-state index in [0.717, 1.165) is 22.5 Å². The summed E-state index contributed by atoms with van der Waals surface area (Å²) < 4.78 is 2.16. The molecule has 0 spiro atoms. The van der Waals surface area contributed by atoms with Gasteiger partial charge in [-0.05, 0) is 37.1 Å². The average Bonchev–Trinajstić information content (AvgIpc) is 2.92. The molecule has 2 heterocycles. The summed E-state index contributed by atoms with van der Waals surface area (Å²) in [6.07, 6.45) is 5.63. The number of aryl methyl sites for hydroxylation is 1. The van der Waals surface area contributed by atoms with Crippen LogP contribution in [-0.4, -0.2) is 25.5 Å². The molecule has 0 aromatic carbocycles. The van der Waals surface area contributed by atoms with Crippen molar-refractivity contribution in [2.75, 3.05) is 11.5 Å². The molecular weight excluding hydrogens is 256 g/mol. The Morgan fingerprint density at radius 1 is 1.47 bits per heavy atom. The van der Waals surface area contributed by atoms with Gasteiger partial charge in [-0.2, -0.15) is 11.8 Å². The number of nitrogen functional groups attached to an aromatic ring is 1. The number of nitrogens with two attached hydrogens (primary N) is 1. The molecule has 2 N–H and O–H groups in total. The van der Waals surface area contributed by atoms with Crippen molar-refractivity contribution in [1.29, 1.82) is 0 Å². The van der Waals surface area contributed by atoms with Crippen LogP contribution in [0, 0.1) is 6.92 Å². The van der Waals surface area contributed by atoms with E-state index in [0.29, 0.717) is 17.2 Å². The highest BCUT2D eigenvalue weighted by Gasteiger charge is 2.31. The second kappa shape index (κ2) is 5.04. The fourth-order valence-corrected chi connectivity index (χ4v) is 4.28. The van der Waals surface area contributed by atoms with Crippen molar-refractivity contribution >= 4 is 28.9 Å². The second-order valence-corrected chi connectivity index (χ2v) is 6.70. The van der Waals surface area contributed by atoms with Crippen LogP contribution < -0.4 is 5.73 Å². The molecule has 0 saturated heterocycles. The van der Waals surface area contributed by atoms with Crippen LogP contribution >= 0.6 is 11.8 Å². The Morgan fingerprint density at radius 2 is 2.32 bits per heavy atom. The first kappa shape index (κ1) is 12.8. The van der Waals surface area contributed by atoms with Crippen molar-refractivity contribution < 1.29 is 0 Å². The highest BCUT2D eigenvalue weighted by molar-refractivity contribution is 7.99. The summed E-state index contributed by atoms with van der Waals surface area (Å²) in [6.45, 7) is 4.25. The summed E-state index contributed by atoms with van der Waals surface area (Å²) in [7, 11) is 0. The smallest absolute Gasteiger partial charge is 0.202 e. The number of hydrogen-bond acceptors (Lipinski definition) is 4. The van der Waals surface area contributed by atoms with Gasteiger partial charge < -0.3 is 5.73 Å². The predicted octanol–water partition coefficient (Wildman–Crippen LogP) is 3.17. The highest BCUT2D eigenvalue weighted by atomic mass is 32.2. The molecular formula is C14H20N4S. The number of fused-ring (bicyclic) bond motifs is 1. The van der Waals surface area contributed by atoms with Crippen LogP contribution in [0.3, 0.4) is 0 Å². The van der Waals surface area contributed by atoms with Crippen molar-refractivity contribution in [1.82, 2.24) is 14.5 Å². The van der Waals surface area contributed by atoms with Crippen molar-refractivity contribution in [3.8, 4) is 0 Å². The lowest BCUT2D eigenvalue weighted by Crippen LogP contribution is -2.18. The molecule has 2 atom stereocenters. The topological polar surface area (TPSA) is 56.7 Å². The SMILES string of the molecule is CCSC1CCCC1n1c(N)nc2cc(C)cnc21. The van der Waals surface area contributed by atoms with Gasteiger partial charge in [-0.3, -0.25) is 4.57 Å². The molecule has 5 heteroatoms. The zero-order chi connectivity index (χ0) is 13.4. The van der Waals surface area contributed by atoms with Gasteiger partial charge in [-0.1, -0.05) is 13.3 Å². The number of rotatable bonds is 3. The monoisotopic (exact) mass is 276 g/mol. The lowest BCUT2D eigenvalue weighted by atomic mass is 10.2. The van der Waals surface area contributed by atoms with Gasteiger partial charge >= 0.3 is 0 Å².